The van der Waals surface area contributed by atoms with Crippen LogP contribution in [0.5, 0.6) is 0 Å². The Bertz CT molecular complexity index is 403. The van der Waals surface area contributed by atoms with Crippen molar-refractivity contribution in [3.63, 3.8) is 0 Å². The summed E-state index contributed by atoms with van der Waals surface area (Å²) in [5.41, 5.74) is 2.68. The lowest BCUT2D eigenvalue weighted by Gasteiger charge is -2.33. The predicted octanol–water partition coefficient (Wildman–Crippen LogP) is 3.35. The van der Waals surface area contributed by atoms with Crippen molar-refractivity contribution >= 4 is 15.9 Å². The number of nitrogens with one attached hydrogen (secondary N) is 1. The van der Waals surface area contributed by atoms with Gasteiger partial charge in [-0.05, 0) is 48.7 Å². The van der Waals surface area contributed by atoms with Crippen LogP contribution in [-0.4, -0.2) is 21.9 Å². The van der Waals surface area contributed by atoms with Crippen LogP contribution in [0.3, 0.4) is 0 Å². The molecule has 1 aromatic heterocycles. The summed E-state index contributed by atoms with van der Waals surface area (Å²) in [6.07, 6.45) is 7.55. The summed E-state index contributed by atoms with van der Waals surface area (Å²) in [7, 11) is 2.05. The molecule has 4 heteroatoms. The molecule has 2 heterocycles. The first-order valence-electron chi connectivity index (χ1n) is 7.01. The zero-order valence-electron chi connectivity index (χ0n) is 11.7. The zero-order chi connectivity index (χ0) is 13.2. The van der Waals surface area contributed by atoms with Crippen molar-refractivity contribution in [1.82, 2.24) is 15.1 Å². The summed E-state index contributed by atoms with van der Waals surface area (Å²) in [4.78, 5) is 0. The predicted molar refractivity (Wildman–Crippen MR) is 78.8 cm³/mol. The number of rotatable bonds is 3. The number of hydrogen-bond donors (Lipinski definition) is 1. The standard InChI is InChI=1S/C14H24BrN3/c1-4-14(8-6-5-7-9-16-14)10-12-13(15)11(2)17-18(12)3/h16H,4-10H2,1-3H3. The van der Waals surface area contributed by atoms with E-state index in [0.717, 1.165) is 18.7 Å². The number of halogens is 1. The lowest BCUT2D eigenvalue weighted by molar-refractivity contribution is 0.296. The van der Waals surface area contributed by atoms with E-state index in [9.17, 15) is 0 Å². The molecule has 0 radical (unpaired) electrons. The number of aromatic nitrogens is 2. The number of aryl methyl sites for hydroxylation is 2. The van der Waals surface area contributed by atoms with E-state index in [0.29, 0.717) is 0 Å². The molecule has 102 valence electrons. The van der Waals surface area contributed by atoms with Crippen LogP contribution in [0.2, 0.25) is 0 Å². The summed E-state index contributed by atoms with van der Waals surface area (Å²) in [6.45, 7) is 5.52. The topological polar surface area (TPSA) is 29.9 Å². The van der Waals surface area contributed by atoms with Gasteiger partial charge in [-0.25, -0.2) is 0 Å². The van der Waals surface area contributed by atoms with E-state index in [2.05, 4.69) is 40.2 Å². The molecule has 0 aliphatic carbocycles. The third-order valence-electron chi connectivity index (χ3n) is 4.28. The Balaban J connectivity index is 2.23. The van der Waals surface area contributed by atoms with Crippen molar-refractivity contribution in [2.75, 3.05) is 6.54 Å². The Kier molecular flexibility index (Phi) is 4.49. The molecular weight excluding hydrogens is 290 g/mol. The van der Waals surface area contributed by atoms with Crippen LogP contribution in [0.1, 0.15) is 50.4 Å². The first-order chi connectivity index (χ1) is 8.58. The molecule has 0 aromatic carbocycles. The minimum Gasteiger partial charge on any atom is -0.311 e. The minimum atomic E-state index is 0.263. The van der Waals surface area contributed by atoms with Crippen LogP contribution in [0.4, 0.5) is 0 Å². The fourth-order valence-electron chi connectivity index (χ4n) is 2.98. The Labute approximate surface area is 118 Å². The molecule has 2 rings (SSSR count). The molecule has 0 amide bonds. The van der Waals surface area contributed by atoms with Crippen molar-refractivity contribution in [3.8, 4) is 0 Å². The average Bonchev–Trinajstić information content (AvgIpc) is 2.58. The van der Waals surface area contributed by atoms with Gasteiger partial charge in [0.05, 0.1) is 15.9 Å². The van der Waals surface area contributed by atoms with E-state index < -0.39 is 0 Å². The maximum Gasteiger partial charge on any atom is 0.0738 e. The zero-order valence-corrected chi connectivity index (χ0v) is 13.3. The van der Waals surface area contributed by atoms with Gasteiger partial charge in [0.25, 0.3) is 0 Å². The molecule has 1 fully saturated rings. The highest BCUT2D eigenvalue weighted by molar-refractivity contribution is 9.10. The molecule has 1 N–H and O–H groups in total. The highest BCUT2D eigenvalue weighted by Crippen LogP contribution is 2.30. The van der Waals surface area contributed by atoms with Gasteiger partial charge in [-0.2, -0.15) is 5.10 Å². The summed E-state index contributed by atoms with van der Waals surface area (Å²) >= 11 is 3.69. The Morgan fingerprint density at radius 2 is 2.17 bits per heavy atom. The van der Waals surface area contributed by atoms with Gasteiger partial charge in [0.1, 0.15) is 0 Å². The SMILES string of the molecule is CCC1(Cc2c(Br)c(C)nn2C)CCCCCN1. The van der Waals surface area contributed by atoms with Crippen LogP contribution in [0.25, 0.3) is 0 Å². The van der Waals surface area contributed by atoms with Gasteiger partial charge in [-0.1, -0.05) is 19.8 Å². The Morgan fingerprint density at radius 1 is 1.39 bits per heavy atom. The summed E-state index contributed by atoms with van der Waals surface area (Å²) in [6, 6.07) is 0. The molecule has 1 saturated heterocycles. The largest absolute Gasteiger partial charge is 0.311 e. The minimum absolute atomic E-state index is 0.263. The lowest BCUT2D eigenvalue weighted by atomic mass is 9.86. The Morgan fingerprint density at radius 3 is 2.78 bits per heavy atom. The van der Waals surface area contributed by atoms with E-state index in [4.69, 9.17) is 0 Å². The first-order valence-corrected chi connectivity index (χ1v) is 7.80. The smallest absolute Gasteiger partial charge is 0.0738 e. The van der Waals surface area contributed by atoms with Gasteiger partial charge in [-0.15, -0.1) is 0 Å². The van der Waals surface area contributed by atoms with Gasteiger partial charge < -0.3 is 5.32 Å². The van der Waals surface area contributed by atoms with E-state index in [-0.39, 0.29) is 5.54 Å². The molecule has 1 aliphatic rings. The molecular formula is C14H24BrN3. The van der Waals surface area contributed by atoms with Crippen molar-refractivity contribution in [2.24, 2.45) is 7.05 Å². The molecule has 18 heavy (non-hydrogen) atoms. The van der Waals surface area contributed by atoms with Crippen molar-refractivity contribution in [2.45, 2.75) is 57.9 Å². The second-order valence-electron chi connectivity index (χ2n) is 5.52. The number of hydrogen-bond acceptors (Lipinski definition) is 2. The summed E-state index contributed by atoms with van der Waals surface area (Å²) in [5.74, 6) is 0. The monoisotopic (exact) mass is 313 g/mol. The first kappa shape index (κ1) is 14.1. The molecule has 1 atom stereocenters. The van der Waals surface area contributed by atoms with E-state index in [1.807, 2.05) is 11.7 Å². The van der Waals surface area contributed by atoms with E-state index >= 15 is 0 Å². The highest BCUT2D eigenvalue weighted by Gasteiger charge is 2.31. The van der Waals surface area contributed by atoms with Crippen molar-refractivity contribution < 1.29 is 0 Å². The molecule has 0 saturated carbocycles. The van der Waals surface area contributed by atoms with Crippen molar-refractivity contribution in [3.05, 3.63) is 15.9 Å². The highest BCUT2D eigenvalue weighted by atomic mass is 79.9. The third kappa shape index (κ3) is 2.80. The van der Waals surface area contributed by atoms with Crippen LogP contribution >= 0.6 is 15.9 Å². The maximum absolute atomic E-state index is 4.51. The quantitative estimate of drug-likeness (QED) is 0.927. The van der Waals surface area contributed by atoms with Gasteiger partial charge in [0.15, 0.2) is 0 Å². The molecule has 3 nitrogen and oxygen atoms in total. The molecule has 0 bridgehead atoms. The molecule has 1 aliphatic heterocycles. The van der Waals surface area contributed by atoms with Crippen molar-refractivity contribution in [1.29, 1.82) is 0 Å². The second-order valence-corrected chi connectivity index (χ2v) is 6.31. The van der Waals surface area contributed by atoms with Gasteiger partial charge in [0, 0.05) is 19.0 Å². The maximum atomic E-state index is 4.51. The third-order valence-corrected chi connectivity index (χ3v) is 5.31. The molecule has 1 unspecified atom stereocenters. The van der Waals surface area contributed by atoms with Gasteiger partial charge in [-0.3, -0.25) is 4.68 Å². The normalized spacial score (nSPS) is 25.1. The van der Waals surface area contributed by atoms with Crippen LogP contribution in [0, 0.1) is 6.92 Å². The molecule has 0 spiro atoms. The fraction of sp³-hybridized carbons (Fsp3) is 0.786. The number of nitrogens with zero attached hydrogens (tertiary/aromatic N) is 2. The second kappa shape index (κ2) is 5.74. The summed E-state index contributed by atoms with van der Waals surface area (Å²) < 4.78 is 3.22. The lowest BCUT2D eigenvalue weighted by Crippen LogP contribution is -2.46. The van der Waals surface area contributed by atoms with Crippen LogP contribution in [0.15, 0.2) is 4.47 Å². The summed E-state index contributed by atoms with van der Waals surface area (Å²) in [5, 5.41) is 8.30. The van der Waals surface area contributed by atoms with Crippen LogP contribution in [-0.2, 0) is 13.5 Å². The molecule has 1 aromatic rings. The fourth-order valence-corrected chi connectivity index (χ4v) is 3.45. The van der Waals surface area contributed by atoms with Gasteiger partial charge >= 0.3 is 0 Å². The van der Waals surface area contributed by atoms with Crippen LogP contribution < -0.4 is 5.32 Å². The Hall–Kier alpha value is -0.350. The van der Waals surface area contributed by atoms with Gasteiger partial charge in [0.2, 0.25) is 0 Å². The average molecular weight is 314 g/mol. The van der Waals surface area contributed by atoms with E-state index in [1.54, 1.807) is 0 Å². The van der Waals surface area contributed by atoms with E-state index in [1.165, 1.54) is 42.3 Å².